The maximum absolute atomic E-state index is 12.4. The fraction of sp³-hybridized carbons (Fsp3) is 0.615. The molecule has 0 aliphatic carbocycles. The molecule has 5 heteroatoms. The van der Waals surface area contributed by atoms with Gasteiger partial charge in [-0.1, -0.05) is 0 Å². The van der Waals surface area contributed by atoms with Gasteiger partial charge in [0.1, 0.15) is 5.69 Å². The predicted molar refractivity (Wildman–Crippen MR) is 69.4 cm³/mol. The number of nitrogens with one attached hydrogen (secondary N) is 1. The first-order valence-corrected chi connectivity index (χ1v) is 6.52. The lowest BCUT2D eigenvalue weighted by molar-refractivity contribution is 0.0649. The van der Waals surface area contributed by atoms with Crippen LogP contribution in [-0.2, 0) is 0 Å². The summed E-state index contributed by atoms with van der Waals surface area (Å²) in [6.45, 7) is 6.56. The molecule has 0 spiro atoms. The van der Waals surface area contributed by atoms with Crippen molar-refractivity contribution in [3.05, 3.63) is 23.8 Å². The molecule has 0 aromatic carbocycles. The molecule has 1 saturated heterocycles. The number of hydrogen-bond acceptors (Lipinski definition) is 4. The second-order valence-electron chi connectivity index (χ2n) is 4.62. The van der Waals surface area contributed by atoms with Gasteiger partial charge in [0.2, 0.25) is 0 Å². The van der Waals surface area contributed by atoms with E-state index in [1.165, 1.54) is 0 Å². The van der Waals surface area contributed by atoms with Crippen molar-refractivity contribution in [1.82, 2.24) is 20.2 Å². The second-order valence-corrected chi connectivity index (χ2v) is 4.62. The second kappa shape index (κ2) is 5.91. The largest absolute Gasteiger partial charge is 0.334 e. The number of carbonyl (C=O) groups excluding carboxylic acids is 1. The molecule has 2 rings (SSSR count). The molecule has 98 valence electrons. The molecular formula is C13H20N4O. The Balaban J connectivity index is 2.11. The van der Waals surface area contributed by atoms with E-state index in [-0.39, 0.29) is 5.91 Å². The molecule has 0 saturated carbocycles. The Bertz CT molecular complexity index is 398. The van der Waals surface area contributed by atoms with Crippen molar-refractivity contribution in [2.75, 3.05) is 19.6 Å². The van der Waals surface area contributed by atoms with E-state index in [1.807, 2.05) is 18.7 Å². The van der Waals surface area contributed by atoms with E-state index in [9.17, 15) is 4.79 Å². The number of piperidine rings is 1. The maximum atomic E-state index is 12.4. The van der Waals surface area contributed by atoms with Crippen LogP contribution in [0.1, 0.15) is 35.9 Å². The number of aryl methyl sites for hydroxylation is 1. The van der Waals surface area contributed by atoms with Crippen LogP contribution in [0, 0.1) is 6.92 Å². The SMILES string of the molecule is CCN(C(=O)c1cnc(C)cn1)C1CCNCC1. The maximum Gasteiger partial charge on any atom is 0.274 e. The summed E-state index contributed by atoms with van der Waals surface area (Å²) in [5.41, 5.74) is 1.28. The summed E-state index contributed by atoms with van der Waals surface area (Å²) in [5, 5.41) is 3.31. The van der Waals surface area contributed by atoms with Crippen LogP contribution in [0.15, 0.2) is 12.4 Å². The highest BCUT2D eigenvalue weighted by atomic mass is 16.2. The van der Waals surface area contributed by atoms with E-state index in [0.29, 0.717) is 11.7 Å². The molecule has 1 N–H and O–H groups in total. The van der Waals surface area contributed by atoms with E-state index in [2.05, 4.69) is 15.3 Å². The van der Waals surface area contributed by atoms with E-state index in [4.69, 9.17) is 0 Å². The topological polar surface area (TPSA) is 58.1 Å². The van der Waals surface area contributed by atoms with Crippen LogP contribution in [0.25, 0.3) is 0 Å². The number of nitrogens with zero attached hydrogens (tertiary/aromatic N) is 3. The monoisotopic (exact) mass is 248 g/mol. The van der Waals surface area contributed by atoms with Crippen LogP contribution in [-0.4, -0.2) is 46.5 Å². The number of aromatic nitrogens is 2. The Morgan fingerprint density at radius 2 is 2.11 bits per heavy atom. The number of carbonyl (C=O) groups is 1. The van der Waals surface area contributed by atoms with Crippen molar-refractivity contribution in [3.63, 3.8) is 0 Å². The zero-order chi connectivity index (χ0) is 13.0. The van der Waals surface area contributed by atoms with Crippen LogP contribution in [0.2, 0.25) is 0 Å². The van der Waals surface area contributed by atoms with Gasteiger partial charge in [-0.2, -0.15) is 0 Å². The fourth-order valence-electron chi connectivity index (χ4n) is 2.34. The van der Waals surface area contributed by atoms with Crippen molar-refractivity contribution >= 4 is 5.91 Å². The zero-order valence-corrected chi connectivity index (χ0v) is 11.0. The number of hydrogen-bond donors (Lipinski definition) is 1. The summed E-state index contributed by atoms with van der Waals surface area (Å²) in [6.07, 6.45) is 5.24. The van der Waals surface area contributed by atoms with Gasteiger partial charge in [-0.05, 0) is 39.8 Å². The Labute approximate surface area is 108 Å². The molecule has 18 heavy (non-hydrogen) atoms. The molecule has 1 aliphatic rings. The molecule has 0 bridgehead atoms. The molecular weight excluding hydrogens is 228 g/mol. The molecule has 1 aliphatic heterocycles. The standard InChI is InChI=1S/C13H20N4O/c1-3-17(11-4-6-14-7-5-11)13(18)12-9-15-10(2)8-16-12/h8-9,11,14H,3-7H2,1-2H3. The third-order valence-corrected chi connectivity index (χ3v) is 3.35. The van der Waals surface area contributed by atoms with Gasteiger partial charge in [-0.15, -0.1) is 0 Å². The molecule has 1 fully saturated rings. The summed E-state index contributed by atoms with van der Waals surface area (Å²) in [7, 11) is 0. The van der Waals surface area contributed by atoms with Crippen molar-refractivity contribution < 1.29 is 4.79 Å². The first-order valence-electron chi connectivity index (χ1n) is 6.52. The van der Waals surface area contributed by atoms with Gasteiger partial charge in [0, 0.05) is 18.8 Å². The van der Waals surface area contributed by atoms with Crippen molar-refractivity contribution in [2.45, 2.75) is 32.7 Å². The first kappa shape index (κ1) is 13.0. The lowest BCUT2D eigenvalue weighted by Crippen LogP contribution is -2.46. The van der Waals surface area contributed by atoms with Crippen LogP contribution in [0.5, 0.6) is 0 Å². The lowest BCUT2D eigenvalue weighted by atomic mass is 10.0. The Kier molecular flexibility index (Phi) is 4.25. The Hall–Kier alpha value is -1.49. The predicted octanol–water partition coefficient (Wildman–Crippen LogP) is 0.999. The van der Waals surface area contributed by atoms with Crippen LogP contribution >= 0.6 is 0 Å². The highest BCUT2D eigenvalue weighted by molar-refractivity contribution is 5.92. The summed E-state index contributed by atoms with van der Waals surface area (Å²) >= 11 is 0. The quantitative estimate of drug-likeness (QED) is 0.867. The minimum atomic E-state index is -0.00287. The van der Waals surface area contributed by atoms with Crippen molar-refractivity contribution in [3.8, 4) is 0 Å². The molecule has 5 nitrogen and oxygen atoms in total. The van der Waals surface area contributed by atoms with Gasteiger partial charge >= 0.3 is 0 Å². The van der Waals surface area contributed by atoms with Gasteiger partial charge in [0.15, 0.2) is 0 Å². The van der Waals surface area contributed by atoms with Crippen molar-refractivity contribution in [2.24, 2.45) is 0 Å². The van der Waals surface area contributed by atoms with E-state index in [0.717, 1.165) is 38.2 Å². The van der Waals surface area contributed by atoms with Crippen LogP contribution in [0.4, 0.5) is 0 Å². The van der Waals surface area contributed by atoms with Gasteiger partial charge in [-0.3, -0.25) is 9.78 Å². The summed E-state index contributed by atoms with van der Waals surface area (Å²) < 4.78 is 0. The van der Waals surface area contributed by atoms with Gasteiger partial charge in [0.05, 0.1) is 11.9 Å². The molecule has 0 radical (unpaired) electrons. The molecule has 1 aromatic heterocycles. The minimum Gasteiger partial charge on any atom is -0.334 e. The van der Waals surface area contributed by atoms with Gasteiger partial charge < -0.3 is 10.2 Å². The summed E-state index contributed by atoms with van der Waals surface area (Å²) in [4.78, 5) is 22.6. The van der Waals surface area contributed by atoms with E-state index < -0.39 is 0 Å². The smallest absolute Gasteiger partial charge is 0.274 e. The third-order valence-electron chi connectivity index (χ3n) is 3.35. The highest BCUT2D eigenvalue weighted by Crippen LogP contribution is 2.14. The number of amides is 1. The molecule has 0 unspecified atom stereocenters. The fourth-order valence-corrected chi connectivity index (χ4v) is 2.34. The summed E-state index contributed by atoms with van der Waals surface area (Å²) in [6, 6.07) is 0.326. The average Bonchev–Trinajstić information content (AvgIpc) is 2.41. The molecule has 1 aromatic rings. The highest BCUT2D eigenvalue weighted by Gasteiger charge is 2.25. The molecule has 0 atom stereocenters. The van der Waals surface area contributed by atoms with E-state index >= 15 is 0 Å². The first-order chi connectivity index (χ1) is 8.72. The average molecular weight is 248 g/mol. The van der Waals surface area contributed by atoms with Gasteiger partial charge in [-0.25, -0.2) is 4.98 Å². The number of rotatable bonds is 3. The van der Waals surface area contributed by atoms with Crippen molar-refractivity contribution in [1.29, 1.82) is 0 Å². The molecule has 1 amide bonds. The minimum absolute atomic E-state index is 0.00287. The van der Waals surface area contributed by atoms with Crippen LogP contribution < -0.4 is 5.32 Å². The Morgan fingerprint density at radius 3 is 2.67 bits per heavy atom. The van der Waals surface area contributed by atoms with E-state index in [1.54, 1.807) is 12.4 Å². The van der Waals surface area contributed by atoms with Crippen LogP contribution in [0.3, 0.4) is 0 Å². The lowest BCUT2D eigenvalue weighted by Gasteiger charge is -2.33. The van der Waals surface area contributed by atoms with Gasteiger partial charge in [0.25, 0.3) is 5.91 Å². The normalized spacial score (nSPS) is 16.6. The summed E-state index contributed by atoms with van der Waals surface area (Å²) in [5.74, 6) is -0.00287. The molecule has 2 heterocycles. The zero-order valence-electron chi connectivity index (χ0n) is 11.0. The Morgan fingerprint density at radius 1 is 1.39 bits per heavy atom. The third kappa shape index (κ3) is 2.85.